The van der Waals surface area contributed by atoms with E-state index in [0.717, 1.165) is 21.3 Å². The van der Waals surface area contributed by atoms with Gasteiger partial charge in [-0.3, -0.25) is 19.6 Å². The Kier molecular flexibility index (Phi) is 6.58. The van der Waals surface area contributed by atoms with E-state index in [-0.39, 0.29) is 11.4 Å². The van der Waals surface area contributed by atoms with Gasteiger partial charge in [0.2, 0.25) is 5.69 Å². The molecule has 0 radical (unpaired) electrons. The maximum absolute atomic E-state index is 12.4. The molecule has 2 aromatic carbocycles. The fourth-order valence-corrected chi connectivity index (χ4v) is 2.91. The Balaban J connectivity index is 1.71. The van der Waals surface area contributed by atoms with E-state index in [1.54, 1.807) is 0 Å². The zero-order valence-corrected chi connectivity index (χ0v) is 17.9. The first-order valence-corrected chi connectivity index (χ1v) is 9.70. The number of anilines is 1. The standard InChI is InChI=1S/C20H19BrN6O3/c1-25(2)17-9-5-14(6-10-17)11-22-23-20(28)19-18(27(29)30)13-26(24-19)12-15-3-7-16(21)8-4-15/h3-11,13H,12H2,1-2H3,(H,23,28)/b22-11+. The van der Waals surface area contributed by atoms with E-state index in [1.165, 1.54) is 17.1 Å². The van der Waals surface area contributed by atoms with Crippen LogP contribution < -0.4 is 10.3 Å². The molecule has 1 aromatic heterocycles. The minimum atomic E-state index is -0.752. The molecular weight excluding hydrogens is 452 g/mol. The van der Waals surface area contributed by atoms with Crippen molar-refractivity contribution in [3.63, 3.8) is 0 Å². The first kappa shape index (κ1) is 21.2. The highest BCUT2D eigenvalue weighted by Gasteiger charge is 2.25. The van der Waals surface area contributed by atoms with E-state index < -0.39 is 10.8 Å². The van der Waals surface area contributed by atoms with Gasteiger partial charge in [0.05, 0.1) is 17.7 Å². The number of hydrogen-bond acceptors (Lipinski definition) is 6. The number of nitrogens with one attached hydrogen (secondary N) is 1. The summed E-state index contributed by atoms with van der Waals surface area (Å²) < 4.78 is 2.28. The molecule has 0 aliphatic carbocycles. The summed E-state index contributed by atoms with van der Waals surface area (Å²) in [7, 11) is 3.87. The third-order valence-electron chi connectivity index (χ3n) is 4.20. The van der Waals surface area contributed by atoms with Gasteiger partial charge in [0.1, 0.15) is 6.20 Å². The van der Waals surface area contributed by atoms with Gasteiger partial charge in [-0.25, -0.2) is 5.43 Å². The molecule has 0 atom stereocenters. The second-order valence-corrected chi connectivity index (χ2v) is 7.54. The van der Waals surface area contributed by atoms with Crippen molar-refractivity contribution < 1.29 is 9.72 Å². The molecular formula is C20H19BrN6O3. The lowest BCUT2D eigenvalue weighted by Gasteiger charge is -2.11. The summed E-state index contributed by atoms with van der Waals surface area (Å²) in [6.45, 7) is 0.295. The van der Waals surface area contributed by atoms with Gasteiger partial charge in [0.15, 0.2) is 0 Å². The van der Waals surface area contributed by atoms with E-state index in [9.17, 15) is 14.9 Å². The monoisotopic (exact) mass is 470 g/mol. The van der Waals surface area contributed by atoms with Crippen molar-refractivity contribution in [2.24, 2.45) is 5.10 Å². The lowest BCUT2D eigenvalue weighted by atomic mass is 10.2. The minimum absolute atomic E-state index is 0.294. The van der Waals surface area contributed by atoms with Gasteiger partial charge in [-0.05, 0) is 35.4 Å². The van der Waals surface area contributed by atoms with Crippen LogP contribution in [0.25, 0.3) is 0 Å². The Morgan fingerprint density at radius 3 is 2.50 bits per heavy atom. The van der Waals surface area contributed by atoms with Crippen LogP contribution in [0, 0.1) is 10.1 Å². The van der Waals surface area contributed by atoms with E-state index in [1.807, 2.05) is 67.5 Å². The first-order valence-electron chi connectivity index (χ1n) is 8.90. The Bertz CT molecular complexity index is 1070. The molecule has 10 heteroatoms. The number of nitro groups is 1. The quantitative estimate of drug-likeness (QED) is 0.323. The topological polar surface area (TPSA) is 106 Å². The van der Waals surface area contributed by atoms with E-state index in [4.69, 9.17) is 0 Å². The number of amides is 1. The van der Waals surface area contributed by atoms with Gasteiger partial charge in [0, 0.05) is 24.3 Å². The summed E-state index contributed by atoms with van der Waals surface area (Å²) in [6, 6.07) is 15.0. The first-order chi connectivity index (χ1) is 14.3. The van der Waals surface area contributed by atoms with E-state index in [0.29, 0.717) is 6.54 Å². The summed E-state index contributed by atoms with van der Waals surface area (Å²) in [5, 5.41) is 19.3. The van der Waals surface area contributed by atoms with Crippen molar-refractivity contribution in [3.05, 3.63) is 86.1 Å². The summed E-state index contributed by atoms with van der Waals surface area (Å²) >= 11 is 3.36. The molecule has 0 saturated carbocycles. The lowest BCUT2D eigenvalue weighted by Crippen LogP contribution is -2.19. The number of halogens is 1. The Morgan fingerprint density at radius 1 is 1.23 bits per heavy atom. The minimum Gasteiger partial charge on any atom is -0.378 e. The molecule has 0 aliphatic heterocycles. The fraction of sp³-hybridized carbons (Fsp3) is 0.150. The van der Waals surface area contributed by atoms with Crippen LogP contribution in [0.15, 0.2) is 64.3 Å². The van der Waals surface area contributed by atoms with Crippen molar-refractivity contribution in [2.75, 3.05) is 19.0 Å². The van der Waals surface area contributed by atoms with Gasteiger partial charge >= 0.3 is 5.69 Å². The van der Waals surface area contributed by atoms with E-state index >= 15 is 0 Å². The van der Waals surface area contributed by atoms with E-state index in [2.05, 4.69) is 31.6 Å². The summed E-state index contributed by atoms with van der Waals surface area (Å²) in [5.41, 5.74) is 4.32. The molecule has 1 heterocycles. The van der Waals surface area contributed by atoms with Crippen LogP contribution in [-0.2, 0) is 6.54 Å². The number of hydrazone groups is 1. The van der Waals surface area contributed by atoms with Gasteiger partial charge in [-0.1, -0.05) is 40.2 Å². The second kappa shape index (κ2) is 9.31. The maximum Gasteiger partial charge on any atom is 0.320 e. The van der Waals surface area contributed by atoms with Crippen LogP contribution >= 0.6 is 15.9 Å². The van der Waals surface area contributed by atoms with Crippen LogP contribution in [0.5, 0.6) is 0 Å². The average Bonchev–Trinajstić information content (AvgIpc) is 3.14. The number of carbonyl (C=O) groups is 1. The molecule has 0 fully saturated rings. The third kappa shape index (κ3) is 5.29. The number of nitrogens with zero attached hydrogens (tertiary/aromatic N) is 5. The van der Waals surface area contributed by atoms with Crippen molar-refractivity contribution in [1.82, 2.24) is 15.2 Å². The van der Waals surface area contributed by atoms with Crippen LogP contribution in [0.4, 0.5) is 11.4 Å². The van der Waals surface area contributed by atoms with Gasteiger partial charge < -0.3 is 4.90 Å². The number of hydrogen-bond donors (Lipinski definition) is 1. The van der Waals surface area contributed by atoms with Gasteiger partial charge in [-0.2, -0.15) is 10.2 Å². The van der Waals surface area contributed by atoms with Crippen LogP contribution in [0.2, 0.25) is 0 Å². The number of carbonyl (C=O) groups excluding carboxylic acids is 1. The SMILES string of the molecule is CN(C)c1ccc(/C=N/NC(=O)c2nn(Cc3ccc(Br)cc3)cc2[N+](=O)[O-])cc1. The smallest absolute Gasteiger partial charge is 0.320 e. The third-order valence-corrected chi connectivity index (χ3v) is 4.73. The maximum atomic E-state index is 12.4. The van der Waals surface area contributed by atoms with Crippen LogP contribution in [-0.4, -0.2) is 40.9 Å². The fourth-order valence-electron chi connectivity index (χ4n) is 2.64. The molecule has 30 heavy (non-hydrogen) atoms. The van der Waals surface area contributed by atoms with Crippen LogP contribution in [0.1, 0.15) is 21.6 Å². The molecule has 3 aromatic rings. The number of benzene rings is 2. The molecule has 0 bridgehead atoms. The zero-order chi connectivity index (χ0) is 21.7. The van der Waals surface area contributed by atoms with Crippen LogP contribution in [0.3, 0.4) is 0 Å². The predicted molar refractivity (Wildman–Crippen MR) is 118 cm³/mol. The zero-order valence-electron chi connectivity index (χ0n) is 16.3. The summed E-state index contributed by atoms with van der Waals surface area (Å²) in [4.78, 5) is 25.1. The molecule has 154 valence electrons. The Labute approximate surface area is 181 Å². The molecule has 1 amide bonds. The molecule has 3 rings (SSSR count). The summed E-state index contributed by atoms with van der Waals surface area (Å²) in [6.07, 6.45) is 2.70. The highest BCUT2D eigenvalue weighted by atomic mass is 79.9. The number of rotatable bonds is 7. The molecule has 0 unspecified atom stereocenters. The summed E-state index contributed by atoms with van der Waals surface area (Å²) in [5.74, 6) is -0.752. The Hall–Kier alpha value is -3.53. The van der Waals surface area contributed by atoms with Gasteiger partial charge in [0.25, 0.3) is 5.91 Å². The largest absolute Gasteiger partial charge is 0.378 e. The number of aromatic nitrogens is 2. The Morgan fingerprint density at radius 2 is 1.90 bits per heavy atom. The van der Waals surface area contributed by atoms with Gasteiger partial charge in [-0.15, -0.1) is 0 Å². The highest BCUT2D eigenvalue weighted by molar-refractivity contribution is 9.10. The van der Waals surface area contributed by atoms with Crippen molar-refractivity contribution in [1.29, 1.82) is 0 Å². The predicted octanol–water partition coefficient (Wildman–Crippen LogP) is 3.43. The normalized spacial score (nSPS) is 10.9. The molecule has 0 spiro atoms. The molecule has 0 saturated heterocycles. The molecule has 0 aliphatic rings. The second-order valence-electron chi connectivity index (χ2n) is 6.63. The lowest BCUT2D eigenvalue weighted by molar-refractivity contribution is -0.385. The van der Waals surface area contributed by atoms with Crippen molar-refractivity contribution >= 4 is 39.4 Å². The van der Waals surface area contributed by atoms with Crippen molar-refractivity contribution in [2.45, 2.75) is 6.54 Å². The van der Waals surface area contributed by atoms with Crippen molar-refractivity contribution in [3.8, 4) is 0 Å². The molecule has 9 nitrogen and oxygen atoms in total. The average molecular weight is 471 g/mol. The highest BCUT2D eigenvalue weighted by Crippen LogP contribution is 2.18. The molecule has 1 N–H and O–H groups in total.